The van der Waals surface area contributed by atoms with Crippen molar-refractivity contribution in [3.63, 3.8) is 0 Å². The fourth-order valence-electron chi connectivity index (χ4n) is 6.32. The van der Waals surface area contributed by atoms with E-state index in [2.05, 4.69) is 65.3 Å². The zero-order valence-electron chi connectivity index (χ0n) is 26.6. The molecule has 3 N–H and O–H groups in total. The number of ether oxygens (including phenoxy) is 2. The minimum absolute atomic E-state index is 0.0100. The van der Waals surface area contributed by atoms with Gasteiger partial charge in [0.2, 0.25) is 0 Å². The van der Waals surface area contributed by atoms with Crippen molar-refractivity contribution in [2.45, 2.75) is 50.3 Å². The largest absolute Gasteiger partial charge is 0.405 e. The Morgan fingerprint density at radius 3 is 2.15 bits per heavy atom. The van der Waals surface area contributed by atoms with E-state index in [1.807, 2.05) is 42.5 Å². The van der Waals surface area contributed by atoms with Crippen LogP contribution < -0.4 is 15.7 Å². The second-order valence-electron chi connectivity index (χ2n) is 12.5. The van der Waals surface area contributed by atoms with Gasteiger partial charge in [-0.1, -0.05) is 99.6 Å². The number of nitrogens with one attached hydrogen (secondary N) is 1. The predicted octanol–water partition coefficient (Wildman–Crippen LogP) is 3.29. The predicted molar refractivity (Wildman–Crippen MR) is 180 cm³/mol. The van der Waals surface area contributed by atoms with Gasteiger partial charge in [0, 0.05) is 5.56 Å². The molecule has 3 heterocycles. The first kappa shape index (κ1) is 32.6. The number of anilines is 1. The number of fused-ring (bicyclic) bond motifs is 1. The summed E-state index contributed by atoms with van der Waals surface area (Å²) in [5, 5.41) is 26.0. The van der Waals surface area contributed by atoms with E-state index in [9.17, 15) is 15.0 Å². The maximum Gasteiger partial charge on any atom is 0.261 e. The maximum atomic E-state index is 12.9. The smallest absolute Gasteiger partial charge is 0.261 e. The molecule has 2 aromatic heterocycles. The number of nitrogens with zero attached hydrogens (tertiary/aromatic N) is 4. The summed E-state index contributed by atoms with van der Waals surface area (Å²) in [6.07, 6.45) is -0.746. The van der Waals surface area contributed by atoms with Gasteiger partial charge < -0.3 is 29.4 Å². The molecule has 0 radical (unpaired) electrons. The van der Waals surface area contributed by atoms with Crippen molar-refractivity contribution in [3.05, 3.63) is 109 Å². The molecule has 12 heteroatoms. The quantitative estimate of drug-likeness (QED) is 0.183. The van der Waals surface area contributed by atoms with Crippen LogP contribution in [0.3, 0.4) is 0 Å². The maximum absolute atomic E-state index is 12.9. The van der Waals surface area contributed by atoms with Gasteiger partial charge in [-0.15, -0.1) is 0 Å². The van der Waals surface area contributed by atoms with E-state index in [1.165, 1.54) is 12.7 Å². The molecule has 11 nitrogen and oxygen atoms in total. The summed E-state index contributed by atoms with van der Waals surface area (Å²) in [6.45, 7) is 6.40. The Labute approximate surface area is 274 Å². The van der Waals surface area contributed by atoms with Crippen LogP contribution in [0.4, 0.5) is 5.82 Å². The monoisotopic (exact) mass is 653 g/mol. The first-order chi connectivity index (χ1) is 22.7. The lowest BCUT2D eigenvalue weighted by Gasteiger charge is -2.43. The Kier molecular flexibility index (Phi) is 9.59. The molecule has 0 saturated carbocycles. The third-order valence-corrected chi connectivity index (χ3v) is 13.5. The van der Waals surface area contributed by atoms with Crippen LogP contribution in [0.25, 0.3) is 11.2 Å². The molecule has 1 fully saturated rings. The number of imidazole rings is 1. The lowest BCUT2D eigenvalue weighted by atomic mass is 10.1. The third kappa shape index (κ3) is 6.35. The highest BCUT2D eigenvalue weighted by Gasteiger charge is 2.53. The van der Waals surface area contributed by atoms with E-state index in [1.54, 1.807) is 28.8 Å². The summed E-state index contributed by atoms with van der Waals surface area (Å²) in [6, 6.07) is 29.3. The molecule has 6 rings (SSSR count). The zero-order valence-corrected chi connectivity index (χ0v) is 27.6. The van der Waals surface area contributed by atoms with Gasteiger partial charge in [-0.05, 0) is 27.5 Å². The number of hydrogen-bond acceptors (Lipinski definition) is 9. The molecule has 0 bridgehead atoms. The minimum atomic E-state index is -2.93. The SMILES string of the molecule is CC(C)(C)[Si](OC[C@H]1O[C@@H](n2cnc3c(NC(=O)c4ccccc4)ncnc32)C(OCCO)C1O)(c1ccccc1)c1ccccc1. The highest BCUT2D eigenvalue weighted by Crippen LogP contribution is 2.39. The molecule has 0 aliphatic carbocycles. The van der Waals surface area contributed by atoms with Gasteiger partial charge in [-0.25, -0.2) is 15.0 Å². The van der Waals surface area contributed by atoms with E-state index >= 15 is 0 Å². The second-order valence-corrected chi connectivity index (χ2v) is 16.8. The van der Waals surface area contributed by atoms with E-state index in [-0.39, 0.29) is 36.6 Å². The van der Waals surface area contributed by atoms with Crippen molar-refractivity contribution in [1.29, 1.82) is 0 Å². The minimum Gasteiger partial charge on any atom is -0.405 e. The van der Waals surface area contributed by atoms with Crippen molar-refractivity contribution < 1.29 is 28.9 Å². The van der Waals surface area contributed by atoms with Crippen molar-refractivity contribution in [2.75, 3.05) is 25.1 Å². The van der Waals surface area contributed by atoms with E-state index in [0.29, 0.717) is 16.7 Å². The molecule has 4 atom stereocenters. The highest BCUT2D eigenvalue weighted by molar-refractivity contribution is 6.99. The van der Waals surface area contributed by atoms with Crippen molar-refractivity contribution in [1.82, 2.24) is 19.5 Å². The van der Waals surface area contributed by atoms with Gasteiger partial charge in [-0.2, -0.15) is 0 Å². The number of aromatic nitrogens is 4. The van der Waals surface area contributed by atoms with Gasteiger partial charge in [0.05, 0.1) is 26.1 Å². The van der Waals surface area contributed by atoms with Crippen molar-refractivity contribution >= 4 is 41.6 Å². The average Bonchev–Trinajstić information content (AvgIpc) is 3.65. The highest BCUT2D eigenvalue weighted by atomic mass is 28.4. The number of aliphatic hydroxyl groups is 2. The molecule has 47 heavy (non-hydrogen) atoms. The van der Waals surface area contributed by atoms with Gasteiger partial charge in [0.25, 0.3) is 14.2 Å². The van der Waals surface area contributed by atoms with Crippen LogP contribution in [0.15, 0.2) is 104 Å². The number of amides is 1. The Morgan fingerprint density at radius 2 is 1.55 bits per heavy atom. The topological polar surface area (TPSA) is 141 Å². The Bertz CT molecular complexity index is 1750. The summed E-state index contributed by atoms with van der Waals surface area (Å²) in [5.41, 5.74) is 1.21. The van der Waals surface area contributed by atoms with Crippen molar-refractivity contribution in [3.8, 4) is 0 Å². The van der Waals surface area contributed by atoms with E-state index in [0.717, 1.165) is 10.4 Å². The first-order valence-electron chi connectivity index (χ1n) is 15.6. The molecule has 3 aromatic carbocycles. The molecular formula is C35H39N5O6Si. The molecule has 5 aromatic rings. The van der Waals surface area contributed by atoms with E-state index in [4.69, 9.17) is 13.9 Å². The zero-order chi connectivity index (χ0) is 33.0. The lowest BCUT2D eigenvalue weighted by Crippen LogP contribution is -2.67. The molecule has 0 spiro atoms. The average molecular weight is 654 g/mol. The van der Waals surface area contributed by atoms with E-state index < -0.39 is 32.9 Å². The van der Waals surface area contributed by atoms with Crippen LogP contribution >= 0.6 is 0 Å². The van der Waals surface area contributed by atoms with Gasteiger partial charge >= 0.3 is 0 Å². The summed E-state index contributed by atoms with van der Waals surface area (Å²) in [4.78, 5) is 26.1. The van der Waals surface area contributed by atoms with Gasteiger partial charge in [0.1, 0.15) is 24.6 Å². The first-order valence-corrected chi connectivity index (χ1v) is 17.5. The van der Waals surface area contributed by atoms with Crippen LogP contribution in [-0.4, -0.2) is 82.1 Å². The number of hydrogen-bond donors (Lipinski definition) is 3. The van der Waals surface area contributed by atoms with Crippen LogP contribution in [0.5, 0.6) is 0 Å². The number of aliphatic hydroxyl groups excluding tert-OH is 2. The van der Waals surface area contributed by atoms with Crippen LogP contribution in [0.1, 0.15) is 37.4 Å². The van der Waals surface area contributed by atoms with Crippen LogP contribution in [0.2, 0.25) is 5.04 Å². The van der Waals surface area contributed by atoms with Crippen molar-refractivity contribution in [2.24, 2.45) is 0 Å². The summed E-state index contributed by atoms with van der Waals surface area (Å²) in [7, 11) is -2.93. The van der Waals surface area contributed by atoms with Gasteiger partial charge in [0.15, 0.2) is 23.2 Å². The molecule has 1 aliphatic rings. The summed E-state index contributed by atoms with van der Waals surface area (Å²) in [5.74, 6) is -0.0991. The molecule has 1 saturated heterocycles. The van der Waals surface area contributed by atoms with Gasteiger partial charge in [-0.3, -0.25) is 9.36 Å². The Hall–Kier alpha value is -4.30. The van der Waals surface area contributed by atoms with Crippen LogP contribution in [0, 0.1) is 0 Å². The molecule has 2 unspecified atom stereocenters. The Morgan fingerprint density at radius 1 is 0.936 bits per heavy atom. The number of rotatable bonds is 11. The summed E-state index contributed by atoms with van der Waals surface area (Å²) >= 11 is 0. The normalized spacial score (nSPS) is 20.0. The molecule has 1 amide bonds. The Balaban J connectivity index is 1.31. The number of benzene rings is 3. The fraction of sp³-hybridized carbons (Fsp3) is 0.314. The van der Waals surface area contributed by atoms with Crippen LogP contribution in [-0.2, 0) is 13.9 Å². The number of carbonyl (C=O) groups excluding carboxylic acids is 1. The summed E-state index contributed by atoms with van der Waals surface area (Å²) < 4.78 is 21.2. The number of carbonyl (C=O) groups is 1. The lowest BCUT2D eigenvalue weighted by molar-refractivity contribution is -0.0756. The second kappa shape index (κ2) is 13.8. The molecular weight excluding hydrogens is 615 g/mol. The molecule has 1 aliphatic heterocycles. The third-order valence-electron chi connectivity index (χ3n) is 8.50. The standard InChI is InChI=1S/C35H39N5O6Si/c1-35(2,3)47(25-15-9-5-10-16-25,26-17-11-6-12-18-26)45-21-27-29(42)30(44-20-19-41)34(46-27)40-23-38-28-31(36-22-37-32(28)40)39-33(43)24-13-7-4-8-14-24/h4-18,22-23,27,29-30,34,41-42H,19-21H2,1-3H3,(H,36,37,39,43)/t27-,29?,30?,34-/m1/s1. The molecule has 244 valence electrons. The fourth-order valence-corrected chi connectivity index (χ4v) is 10.9.